The first kappa shape index (κ1) is 12.2. The third-order valence-electron chi connectivity index (χ3n) is 2.51. The number of hydrogen-bond acceptors (Lipinski definition) is 5. The molecule has 2 rings (SSSR count). The third-order valence-corrected chi connectivity index (χ3v) is 2.51. The molecule has 0 aliphatic heterocycles. The molecule has 0 aliphatic rings. The first-order valence-electron chi connectivity index (χ1n) is 5.51. The van der Waals surface area contributed by atoms with Gasteiger partial charge in [-0.2, -0.15) is 9.97 Å². The van der Waals surface area contributed by atoms with Crippen LogP contribution >= 0.6 is 0 Å². The van der Waals surface area contributed by atoms with E-state index in [1.54, 1.807) is 13.2 Å². The van der Waals surface area contributed by atoms with Gasteiger partial charge in [0.2, 0.25) is 0 Å². The molecule has 0 radical (unpaired) electrons. The molecule has 0 spiro atoms. The van der Waals surface area contributed by atoms with Crippen LogP contribution in [0.1, 0.15) is 11.3 Å². The molecule has 0 saturated heterocycles. The molecule has 2 N–H and O–H groups in total. The summed E-state index contributed by atoms with van der Waals surface area (Å²) in [6.07, 6.45) is 0.674. The number of anilines is 1. The largest absolute Gasteiger partial charge is 0.497 e. The fourth-order valence-electron chi connectivity index (χ4n) is 1.63. The number of nitrogens with two attached hydrogens (primary N) is 1. The zero-order valence-electron chi connectivity index (χ0n) is 10.4. The highest BCUT2D eigenvalue weighted by molar-refractivity contribution is 5.35. The van der Waals surface area contributed by atoms with E-state index < -0.39 is 0 Å². The highest BCUT2D eigenvalue weighted by atomic mass is 16.5. The molecule has 5 nitrogen and oxygen atoms in total. The van der Waals surface area contributed by atoms with Crippen molar-refractivity contribution in [2.45, 2.75) is 6.42 Å². The molecule has 1 heterocycles. The van der Waals surface area contributed by atoms with Crippen molar-refractivity contribution in [1.29, 1.82) is 0 Å². The molecule has 5 heteroatoms. The summed E-state index contributed by atoms with van der Waals surface area (Å²) in [5.74, 6) is 1.24. The van der Waals surface area contributed by atoms with Gasteiger partial charge in [-0.3, -0.25) is 0 Å². The topological polar surface area (TPSA) is 70.3 Å². The van der Waals surface area contributed by atoms with Crippen LogP contribution in [0.2, 0.25) is 0 Å². The number of methoxy groups -OCH3 is 2. The predicted octanol–water partition coefficient (Wildman–Crippen LogP) is 1.67. The van der Waals surface area contributed by atoms with E-state index in [9.17, 15) is 0 Å². The zero-order valence-corrected chi connectivity index (χ0v) is 10.4. The smallest absolute Gasteiger partial charge is 0.318 e. The van der Waals surface area contributed by atoms with Gasteiger partial charge in [0.15, 0.2) is 0 Å². The van der Waals surface area contributed by atoms with Gasteiger partial charge in [0.05, 0.1) is 19.9 Å². The molecule has 0 fully saturated rings. The molecule has 1 aromatic carbocycles. The minimum Gasteiger partial charge on any atom is -0.497 e. The van der Waals surface area contributed by atoms with Crippen LogP contribution < -0.4 is 15.2 Å². The number of nitrogen functional groups attached to an aromatic ring is 1. The maximum Gasteiger partial charge on any atom is 0.318 e. The summed E-state index contributed by atoms with van der Waals surface area (Å²) in [4.78, 5) is 8.19. The highest BCUT2D eigenvalue weighted by Crippen LogP contribution is 2.16. The zero-order chi connectivity index (χ0) is 13.0. The van der Waals surface area contributed by atoms with Gasteiger partial charge in [0, 0.05) is 12.5 Å². The van der Waals surface area contributed by atoms with Gasteiger partial charge in [-0.1, -0.05) is 12.1 Å². The van der Waals surface area contributed by atoms with E-state index in [0.29, 0.717) is 18.2 Å². The number of aromatic nitrogens is 2. The molecule has 1 aromatic heterocycles. The minimum absolute atomic E-state index is 0.290. The van der Waals surface area contributed by atoms with Crippen LogP contribution in [0.4, 0.5) is 5.82 Å². The van der Waals surface area contributed by atoms with Gasteiger partial charge in [0.25, 0.3) is 0 Å². The van der Waals surface area contributed by atoms with Gasteiger partial charge < -0.3 is 15.2 Å². The summed E-state index contributed by atoms with van der Waals surface area (Å²) in [5.41, 5.74) is 7.63. The average Bonchev–Trinajstić information content (AvgIpc) is 2.39. The van der Waals surface area contributed by atoms with Crippen molar-refractivity contribution in [2.24, 2.45) is 0 Å². The molecule has 94 valence electrons. The first-order valence-corrected chi connectivity index (χ1v) is 5.51. The maximum absolute atomic E-state index is 5.68. The van der Waals surface area contributed by atoms with Crippen molar-refractivity contribution >= 4 is 5.82 Å². The number of benzene rings is 1. The lowest BCUT2D eigenvalue weighted by molar-refractivity contribution is 0.379. The van der Waals surface area contributed by atoms with Crippen LogP contribution in [-0.2, 0) is 6.42 Å². The first-order chi connectivity index (χ1) is 8.71. The summed E-state index contributed by atoms with van der Waals surface area (Å²) in [5, 5.41) is 0. The molecule has 0 unspecified atom stereocenters. The van der Waals surface area contributed by atoms with Crippen LogP contribution in [0.25, 0.3) is 0 Å². The fraction of sp³-hybridized carbons (Fsp3) is 0.231. The van der Waals surface area contributed by atoms with E-state index in [-0.39, 0.29) is 0 Å². The second-order valence-corrected chi connectivity index (χ2v) is 3.80. The summed E-state index contributed by atoms with van der Waals surface area (Å²) < 4.78 is 10.1. The Morgan fingerprint density at radius 2 is 1.78 bits per heavy atom. The fourth-order valence-corrected chi connectivity index (χ4v) is 1.63. The summed E-state index contributed by atoms with van der Waals surface area (Å²) in [6.45, 7) is 0. The monoisotopic (exact) mass is 245 g/mol. The van der Waals surface area contributed by atoms with Crippen molar-refractivity contribution in [2.75, 3.05) is 20.0 Å². The number of hydrogen-bond donors (Lipinski definition) is 1. The second-order valence-electron chi connectivity index (χ2n) is 3.80. The van der Waals surface area contributed by atoms with Gasteiger partial charge >= 0.3 is 6.01 Å². The van der Waals surface area contributed by atoms with Gasteiger partial charge in [-0.15, -0.1) is 0 Å². The maximum atomic E-state index is 5.68. The SMILES string of the molecule is COc1ccc(Cc2cc(N)nc(OC)n2)cc1. The third kappa shape index (κ3) is 2.88. The predicted molar refractivity (Wildman–Crippen MR) is 68.8 cm³/mol. The van der Waals surface area contributed by atoms with E-state index in [1.807, 2.05) is 24.3 Å². The van der Waals surface area contributed by atoms with Crippen molar-refractivity contribution < 1.29 is 9.47 Å². The van der Waals surface area contributed by atoms with E-state index in [0.717, 1.165) is 17.0 Å². The molecule has 18 heavy (non-hydrogen) atoms. The Hall–Kier alpha value is -2.30. The Morgan fingerprint density at radius 1 is 1.06 bits per heavy atom. The lowest BCUT2D eigenvalue weighted by atomic mass is 10.1. The van der Waals surface area contributed by atoms with Gasteiger partial charge in [-0.05, 0) is 17.7 Å². The molecular weight excluding hydrogens is 230 g/mol. The second kappa shape index (κ2) is 5.35. The number of ether oxygens (including phenoxy) is 2. The molecule has 0 atom stereocenters. The molecule has 0 saturated carbocycles. The van der Waals surface area contributed by atoms with E-state index in [4.69, 9.17) is 15.2 Å². The Kier molecular flexibility index (Phi) is 3.62. The average molecular weight is 245 g/mol. The highest BCUT2D eigenvalue weighted by Gasteiger charge is 2.04. The van der Waals surface area contributed by atoms with Crippen LogP contribution in [0.5, 0.6) is 11.8 Å². The standard InChI is InChI=1S/C13H15N3O2/c1-17-11-5-3-9(4-6-11)7-10-8-12(14)16-13(15-10)18-2/h3-6,8H,7H2,1-2H3,(H2,14,15,16). The lowest BCUT2D eigenvalue weighted by Crippen LogP contribution is -2.01. The molecule has 0 amide bonds. The number of rotatable bonds is 4. The van der Waals surface area contributed by atoms with Crippen molar-refractivity contribution in [1.82, 2.24) is 9.97 Å². The Morgan fingerprint density at radius 3 is 2.39 bits per heavy atom. The normalized spacial score (nSPS) is 10.1. The van der Waals surface area contributed by atoms with E-state index >= 15 is 0 Å². The molecule has 0 aliphatic carbocycles. The molecular formula is C13H15N3O2. The van der Waals surface area contributed by atoms with Crippen LogP contribution in [0.15, 0.2) is 30.3 Å². The Labute approximate surface area is 106 Å². The Balaban J connectivity index is 2.19. The number of nitrogens with zero attached hydrogens (tertiary/aromatic N) is 2. The van der Waals surface area contributed by atoms with E-state index in [1.165, 1.54) is 7.11 Å². The van der Waals surface area contributed by atoms with Crippen LogP contribution in [0.3, 0.4) is 0 Å². The summed E-state index contributed by atoms with van der Waals surface area (Å²) >= 11 is 0. The summed E-state index contributed by atoms with van der Waals surface area (Å²) in [7, 11) is 3.16. The van der Waals surface area contributed by atoms with E-state index in [2.05, 4.69) is 9.97 Å². The lowest BCUT2D eigenvalue weighted by Gasteiger charge is -2.05. The quantitative estimate of drug-likeness (QED) is 0.887. The van der Waals surface area contributed by atoms with Crippen molar-refractivity contribution in [3.63, 3.8) is 0 Å². The van der Waals surface area contributed by atoms with Crippen LogP contribution in [0, 0.1) is 0 Å². The molecule has 0 bridgehead atoms. The Bertz CT molecular complexity index is 526. The minimum atomic E-state index is 0.290. The van der Waals surface area contributed by atoms with Crippen LogP contribution in [-0.4, -0.2) is 24.2 Å². The summed E-state index contributed by atoms with van der Waals surface area (Å²) in [6, 6.07) is 9.84. The van der Waals surface area contributed by atoms with Crippen molar-refractivity contribution in [3.8, 4) is 11.8 Å². The van der Waals surface area contributed by atoms with Gasteiger partial charge in [-0.25, -0.2) is 0 Å². The van der Waals surface area contributed by atoms with Gasteiger partial charge in [0.1, 0.15) is 11.6 Å². The molecule has 2 aromatic rings. The van der Waals surface area contributed by atoms with Crippen molar-refractivity contribution in [3.05, 3.63) is 41.6 Å².